The van der Waals surface area contributed by atoms with Crippen LogP contribution in [0.4, 0.5) is 0 Å². The Morgan fingerprint density at radius 3 is 2.52 bits per heavy atom. The van der Waals surface area contributed by atoms with Gasteiger partial charge >= 0.3 is 0 Å². The first-order valence-corrected chi connectivity index (χ1v) is 7.68. The lowest BCUT2D eigenvalue weighted by atomic mass is 10.2. The second kappa shape index (κ2) is 9.71. The van der Waals surface area contributed by atoms with Crippen molar-refractivity contribution in [3.05, 3.63) is 29.8 Å². The number of nitrogens with two attached hydrogens (primary N) is 1. The Balaban J connectivity index is 2.51. The molecule has 0 aliphatic rings. The molecule has 118 valence electrons. The van der Waals surface area contributed by atoms with E-state index in [0.29, 0.717) is 17.5 Å². The van der Waals surface area contributed by atoms with Gasteiger partial charge in [-0.25, -0.2) is 0 Å². The van der Waals surface area contributed by atoms with E-state index in [-0.39, 0.29) is 0 Å². The first kappa shape index (κ1) is 17.9. The number of methoxy groups -OCH3 is 1. The zero-order valence-electron chi connectivity index (χ0n) is 13.2. The predicted molar refractivity (Wildman–Crippen MR) is 91.0 cm³/mol. The molecule has 1 aromatic carbocycles. The highest BCUT2D eigenvalue weighted by Gasteiger charge is 2.09. The lowest BCUT2D eigenvalue weighted by molar-refractivity contribution is 0.127. The summed E-state index contributed by atoms with van der Waals surface area (Å²) in [6, 6.07) is 7.61. The third-order valence-electron chi connectivity index (χ3n) is 3.05. The van der Waals surface area contributed by atoms with E-state index < -0.39 is 0 Å². The van der Waals surface area contributed by atoms with Gasteiger partial charge < -0.3 is 15.2 Å². The largest absolute Gasteiger partial charge is 0.492 e. The minimum Gasteiger partial charge on any atom is -0.492 e. The second-order valence-electron chi connectivity index (χ2n) is 5.40. The van der Waals surface area contributed by atoms with Crippen LogP contribution >= 0.6 is 12.2 Å². The topological polar surface area (TPSA) is 47.7 Å². The van der Waals surface area contributed by atoms with Crippen molar-refractivity contribution in [1.82, 2.24) is 4.90 Å². The molecule has 2 N–H and O–H groups in total. The highest BCUT2D eigenvalue weighted by atomic mass is 32.1. The fourth-order valence-electron chi connectivity index (χ4n) is 2.11. The van der Waals surface area contributed by atoms with E-state index in [1.807, 2.05) is 24.3 Å². The van der Waals surface area contributed by atoms with Crippen molar-refractivity contribution in [2.45, 2.75) is 13.8 Å². The van der Waals surface area contributed by atoms with Crippen molar-refractivity contribution in [3.8, 4) is 5.75 Å². The number of hydrogen-bond donors (Lipinski definition) is 1. The third-order valence-corrected chi connectivity index (χ3v) is 3.27. The first-order chi connectivity index (χ1) is 10.0. The lowest BCUT2D eigenvalue weighted by Crippen LogP contribution is -2.34. The van der Waals surface area contributed by atoms with Crippen LogP contribution in [0.15, 0.2) is 24.3 Å². The highest BCUT2D eigenvalue weighted by Crippen LogP contribution is 2.17. The molecule has 0 heterocycles. The summed E-state index contributed by atoms with van der Waals surface area (Å²) in [7, 11) is 1.72. The van der Waals surface area contributed by atoms with Gasteiger partial charge in [-0.15, -0.1) is 0 Å². The summed E-state index contributed by atoms with van der Waals surface area (Å²) in [5, 5.41) is 0. The summed E-state index contributed by atoms with van der Waals surface area (Å²) < 4.78 is 11.0. The molecule has 1 rings (SSSR count). The second-order valence-corrected chi connectivity index (χ2v) is 5.84. The van der Waals surface area contributed by atoms with Crippen molar-refractivity contribution in [2.24, 2.45) is 11.7 Å². The average molecular weight is 310 g/mol. The van der Waals surface area contributed by atoms with Gasteiger partial charge in [0.2, 0.25) is 0 Å². The van der Waals surface area contributed by atoms with Crippen molar-refractivity contribution in [2.75, 3.05) is 40.0 Å². The summed E-state index contributed by atoms with van der Waals surface area (Å²) in [5.74, 6) is 1.37. The molecule has 5 heteroatoms. The van der Waals surface area contributed by atoms with Crippen molar-refractivity contribution in [3.63, 3.8) is 0 Å². The quantitative estimate of drug-likeness (QED) is 0.672. The molecule has 0 saturated heterocycles. The number of rotatable bonds is 10. The van der Waals surface area contributed by atoms with Gasteiger partial charge in [0.25, 0.3) is 0 Å². The van der Waals surface area contributed by atoms with E-state index in [9.17, 15) is 0 Å². The molecule has 0 aromatic heterocycles. The zero-order chi connectivity index (χ0) is 15.7. The summed E-state index contributed by atoms with van der Waals surface area (Å²) in [5.41, 5.74) is 6.49. The smallest absolute Gasteiger partial charge is 0.129 e. The molecule has 0 saturated carbocycles. The minimum atomic E-state index is 0.365. The Kier molecular flexibility index (Phi) is 8.27. The van der Waals surface area contributed by atoms with E-state index in [2.05, 4.69) is 18.7 Å². The van der Waals surface area contributed by atoms with Crippen LogP contribution in [0.5, 0.6) is 5.75 Å². The van der Waals surface area contributed by atoms with Crippen molar-refractivity contribution < 1.29 is 9.47 Å². The Morgan fingerprint density at radius 1 is 1.24 bits per heavy atom. The van der Waals surface area contributed by atoms with E-state index >= 15 is 0 Å². The van der Waals surface area contributed by atoms with Crippen LogP contribution in [0.3, 0.4) is 0 Å². The summed E-state index contributed by atoms with van der Waals surface area (Å²) in [6.45, 7) is 8.56. The predicted octanol–water partition coefficient (Wildman–Crippen LogP) is 2.30. The number of para-hydroxylation sites is 1. The standard InChI is InChI=1S/C16H26N2O2S/c1-13(2)12-18(8-10-19-3)9-11-20-15-7-5-4-6-14(15)16(17)21/h4-7,13H,8-12H2,1-3H3,(H2,17,21). The lowest BCUT2D eigenvalue weighted by Gasteiger charge is -2.24. The normalized spacial score (nSPS) is 11.1. The summed E-state index contributed by atoms with van der Waals surface area (Å²) in [6.07, 6.45) is 0. The van der Waals surface area contributed by atoms with Crippen LogP contribution in [0.1, 0.15) is 19.4 Å². The number of benzene rings is 1. The fourth-order valence-corrected chi connectivity index (χ4v) is 2.28. The molecule has 4 nitrogen and oxygen atoms in total. The maximum atomic E-state index is 5.84. The molecular weight excluding hydrogens is 284 g/mol. The van der Waals surface area contributed by atoms with E-state index in [1.165, 1.54) is 0 Å². The van der Waals surface area contributed by atoms with E-state index in [4.69, 9.17) is 27.4 Å². The van der Waals surface area contributed by atoms with Gasteiger partial charge in [-0.05, 0) is 18.1 Å². The maximum absolute atomic E-state index is 5.84. The van der Waals surface area contributed by atoms with Gasteiger partial charge in [0.1, 0.15) is 17.3 Å². The molecule has 0 amide bonds. The monoisotopic (exact) mass is 310 g/mol. The SMILES string of the molecule is COCCN(CCOc1ccccc1C(N)=S)CC(C)C. The minimum absolute atomic E-state index is 0.365. The van der Waals surface area contributed by atoms with Gasteiger partial charge in [-0.3, -0.25) is 4.90 Å². The van der Waals surface area contributed by atoms with Gasteiger partial charge in [-0.2, -0.15) is 0 Å². The number of ether oxygens (including phenoxy) is 2. The van der Waals surface area contributed by atoms with Crippen molar-refractivity contribution >= 4 is 17.2 Å². The molecule has 0 radical (unpaired) electrons. The number of thiocarbonyl (C=S) groups is 1. The Bertz CT molecular complexity index is 438. The molecule has 0 unspecified atom stereocenters. The molecule has 21 heavy (non-hydrogen) atoms. The summed E-state index contributed by atoms with van der Waals surface area (Å²) in [4.78, 5) is 2.71. The van der Waals surface area contributed by atoms with E-state index in [1.54, 1.807) is 7.11 Å². The maximum Gasteiger partial charge on any atom is 0.129 e. The highest BCUT2D eigenvalue weighted by molar-refractivity contribution is 7.80. The average Bonchev–Trinajstić information content (AvgIpc) is 2.44. The molecule has 0 bridgehead atoms. The van der Waals surface area contributed by atoms with Crippen LogP contribution in [-0.4, -0.2) is 49.8 Å². The number of hydrogen-bond acceptors (Lipinski definition) is 4. The van der Waals surface area contributed by atoms with Crippen molar-refractivity contribution in [1.29, 1.82) is 0 Å². The van der Waals surface area contributed by atoms with Gasteiger partial charge in [0.05, 0.1) is 12.2 Å². The Morgan fingerprint density at radius 2 is 1.90 bits per heavy atom. The van der Waals surface area contributed by atoms with Crippen LogP contribution in [-0.2, 0) is 4.74 Å². The molecule has 0 spiro atoms. The summed E-state index contributed by atoms with van der Waals surface area (Å²) >= 11 is 5.04. The van der Waals surface area contributed by atoms with Gasteiger partial charge in [0, 0.05) is 26.7 Å². The molecular formula is C16H26N2O2S. The molecule has 0 fully saturated rings. The van der Waals surface area contributed by atoms with Crippen LogP contribution in [0.2, 0.25) is 0 Å². The number of nitrogens with zero attached hydrogens (tertiary/aromatic N) is 1. The first-order valence-electron chi connectivity index (χ1n) is 7.27. The van der Waals surface area contributed by atoms with Crippen LogP contribution in [0, 0.1) is 5.92 Å². The van der Waals surface area contributed by atoms with Gasteiger partial charge in [-0.1, -0.05) is 38.2 Å². The van der Waals surface area contributed by atoms with Gasteiger partial charge in [0.15, 0.2) is 0 Å². The Hall–Kier alpha value is -1.17. The zero-order valence-corrected chi connectivity index (χ0v) is 14.0. The molecule has 0 aliphatic heterocycles. The molecule has 1 aromatic rings. The van der Waals surface area contributed by atoms with Crippen LogP contribution in [0.25, 0.3) is 0 Å². The third kappa shape index (κ3) is 6.89. The molecule has 0 aliphatic carbocycles. The van der Waals surface area contributed by atoms with Crippen LogP contribution < -0.4 is 10.5 Å². The Labute approximate surface area is 133 Å². The molecule has 0 atom stereocenters. The van der Waals surface area contributed by atoms with E-state index in [0.717, 1.165) is 37.6 Å². The fraction of sp³-hybridized carbons (Fsp3) is 0.562.